The molecule has 1 saturated heterocycles. The predicted molar refractivity (Wildman–Crippen MR) is 67.9 cm³/mol. The van der Waals surface area contributed by atoms with E-state index < -0.39 is 0 Å². The molecule has 1 aromatic rings. The van der Waals surface area contributed by atoms with Gasteiger partial charge in [-0.2, -0.15) is 0 Å². The van der Waals surface area contributed by atoms with Gasteiger partial charge in [0.1, 0.15) is 11.5 Å². The molecule has 6 nitrogen and oxygen atoms in total. The third-order valence-electron chi connectivity index (χ3n) is 3.09. The highest BCUT2D eigenvalue weighted by molar-refractivity contribution is 5.92. The fraction of sp³-hybridized carbons (Fsp3) is 0.500. The number of rotatable bonds is 4. The second-order valence-electron chi connectivity index (χ2n) is 4.41. The number of aromatic nitrogens is 1. The molecule has 1 unspecified atom stereocenters. The van der Waals surface area contributed by atoms with Gasteiger partial charge in [-0.05, 0) is 18.6 Å². The van der Waals surface area contributed by atoms with Crippen LogP contribution in [-0.4, -0.2) is 42.6 Å². The summed E-state index contributed by atoms with van der Waals surface area (Å²) >= 11 is 0. The van der Waals surface area contributed by atoms with Gasteiger partial charge in [-0.3, -0.25) is 4.79 Å². The van der Waals surface area contributed by atoms with Crippen LogP contribution in [0.1, 0.15) is 16.9 Å². The number of amides is 1. The van der Waals surface area contributed by atoms with Gasteiger partial charge in [0.25, 0.3) is 5.91 Å². The van der Waals surface area contributed by atoms with E-state index in [2.05, 4.69) is 10.4 Å². The summed E-state index contributed by atoms with van der Waals surface area (Å²) in [4.78, 5) is 18.2. The number of anilines is 1. The summed E-state index contributed by atoms with van der Waals surface area (Å²) in [6.45, 7) is 2.19. The molecule has 0 spiro atoms. The predicted octanol–water partition coefficient (Wildman–Crippen LogP) is 0.476. The highest BCUT2D eigenvalue weighted by Gasteiger charge is 2.27. The van der Waals surface area contributed by atoms with E-state index >= 15 is 0 Å². The molecule has 2 heterocycles. The van der Waals surface area contributed by atoms with Crippen LogP contribution in [-0.2, 0) is 4.74 Å². The van der Waals surface area contributed by atoms with Crippen molar-refractivity contribution in [1.82, 2.24) is 9.88 Å². The number of carbonyl (C=O) groups is 1. The fourth-order valence-electron chi connectivity index (χ4n) is 2.19. The molecule has 6 heteroatoms. The molecule has 3 N–H and O–H groups in total. The first-order valence-electron chi connectivity index (χ1n) is 5.96. The Morgan fingerprint density at radius 2 is 2.50 bits per heavy atom. The molecule has 1 fully saturated rings. The van der Waals surface area contributed by atoms with Gasteiger partial charge in [-0.15, -0.1) is 0 Å². The van der Waals surface area contributed by atoms with Crippen molar-refractivity contribution in [3.63, 3.8) is 0 Å². The van der Waals surface area contributed by atoms with Crippen molar-refractivity contribution in [3.8, 4) is 0 Å². The Balaban J connectivity index is 2.03. The van der Waals surface area contributed by atoms with Gasteiger partial charge < -0.3 is 15.1 Å². The van der Waals surface area contributed by atoms with E-state index in [1.165, 1.54) is 0 Å². The lowest BCUT2D eigenvalue weighted by atomic mass is 10.1. The van der Waals surface area contributed by atoms with Crippen LogP contribution in [0.25, 0.3) is 0 Å². The van der Waals surface area contributed by atoms with Crippen LogP contribution in [0.2, 0.25) is 0 Å². The summed E-state index contributed by atoms with van der Waals surface area (Å²) in [6, 6.07) is 5.18. The normalized spacial score (nSPS) is 19.0. The number of nitrogen functional groups attached to an aromatic ring is 1. The second kappa shape index (κ2) is 5.79. The van der Waals surface area contributed by atoms with Crippen molar-refractivity contribution in [2.75, 3.05) is 32.2 Å². The zero-order chi connectivity index (χ0) is 13.0. The van der Waals surface area contributed by atoms with Crippen molar-refractivity contribution < 1.29 is 9.53 Å². The average molecular weight is 250 g/mol. The van der Waals surface area contributed by atoms with Gasteiger partial charge >= 0.3 is 0 Å². The molecule has 1 aromatic heterocycles. The summed E-state index contributed by atoms with van der Waals surface area (Å²) in [5.74, 6) is 6.15. The number of likely N-dealkylation sites (tertiary alicyclic amines) is 1. The third-order valence-corrected chi connectivity index (χ3v) is 3.09. The van der Waals surface area contributed by atoms with Crippen molar-refractivity contribution >= 4 is 11.7 Å². The van der Waals surface area contributed by atoms with E-state index in [9.17, 15) is 4.79 Å². The van der Waals surface area contributed by atoms with Crippen LogP contribution < -0.4 is 11.3 Å². The topological polar surface area (TPSA) is 80.5 Å². The van der Waals surface area contributed by atoms with Crippen molar-refractivity contribution in [3.05, 3.63) is 23.9 Å². The monoisotopic (exact) mass is 250 g/mol. The lowest BCUT2D eigenvalue weighted by Crippen LogP contribution is -2.30. The first kappa shape index (κ1) is 12.8. The molecule has 1 aliphatic heterocycles. The minimum absolute atomic E-state index is 0.0503. The zero-order valence-electron chi connectivity index (χ0n) is 10.4. The largest absolute Gasteiger partial charge is 0.384 e. The van der Waals surface area contributed by atoms with Crippen molar-refractivity contribution in [2.24, 2.45) is 11.8 Å². The number of hydrazine groups is 1. The molecule has 0 aromatic carbocycles. The van der Waals surface area contributed by atoms with Crippen LogP contribution in [0.15, 0.2) is 18.2 Å². The molecule has 1 aliphatic rings. The summed E-state index contributed by atoms with van der Waals surface area (Å²) in [5.41, 5.74) is 2.86. The number of methoxy groups -OCH3 is 1. The minimum atomic E-state index is -0.0503. The number of hydrogen-bond acceptors (Lipinski definition) is 5. The van der Waals surface area contributed by atoms with Gasteiger partial charge in [0.05, 0.1) is 6.61 Å². The highest BCUT2D eigenvalue weighted by atomic mass is 16.5. The van der Waals surface area contributed by atoms with Crippen LogP contribution in [0.4, 0.5) is 5.82 Å². The number of nitrogens with zero attached hydrogens (tertiary/aromatic N) is 2. The molecule has 0 aliphatic carbocycles. The minimum Gasteiger partial charge on any atom is -0.384 e. The molecular formula is C12H18N4O2. The smallest absolute Gasteiger partial charge is 0.272 e. The Labute approximate surface area is 106 Å². The summed E-state index contributed by atoms with van der Waals surface area (Å²) in [7, 11) is 1.68. The molecule has 0 saturated carbocycles. The highest BCUT2D eigenvalue weighted by Crippen LogP contribution is 2.18. The van der Waals surface area contributed by atoms with Crippen LogP contribution in [0.5, 0.6) is 0 Å². The zero-order valence-corrected chi connectivity index (χ0v) is 10.4. The van der Waals surface area contributed by atoms with Gasteiger partial charge in [0.15, 0.2) is 0 Å². The number of nitrogens with one attached hydrogen (secondary N) is 1. The van der Waals surface area contributed by atoms with Crippen molar-refractivity contribution in [1.29, 1.82) is 0 Å². The Bertz CT molecular complexity index is 424. The average Bonchev–Trinajstić information content (AvgIpc) is 2.87. The van der Waals surface area contributed by atoms with E-state index in [0.717, 1.165) is 19.5 Å². The van der Waals surface area contributed by atoms with E-state index in [1.54, 1.807) is 25.3 Å². The molecule has 98 valence electrons. The van der Waals surface area contributed by atoms with Gasteiger partial charge in [0, 0.05) is 26.1 Å². The number of hydrogen-bond donors (Lipinski definition) is 2. The van der Waals surface area contributed by atoms with E-state index in [0.29, 0.717) is 24.0 Å². The Morgan fingerprint density at radius 3 is 3.22 bits per heavy atom. The molecule has 2 rings (SSSR count). The first-order chi connectivity index (χ1) is 8.74. The quantitative estimate of drug-likeness (QED) is 0.600. The number of ether oxygens (including phenoxy) is 1. The van der Waals surface area contributed by atoms with Crippen LogP contribution in [0.3, 0.4) is 0 Å². The third kappa shape index (κ3) is 2.77. The number of pyridine rings is 1. The standard InChI is InChI=1S/C12H18N4O2/c1-18-8-9-5-6-16(7-9)12(17)10-3-2-4-11(14-10)15-13/h2-4,9H,5-8,13H2,1H3,(H,14,15). The Kier molecular flexibility index (Phi) is 4.11. The van der Waals surface area contributed by atoms with E-state index in [4.69, 9.17) is 10.6 Å². The van der Waals surface area contributed by atoms with Gasteiger partial charge in [0.2, 0.25) is 0 Å². The van der Waals surface area contributed by atoms with Crippen LogP contribution >= 0.6 is 0 Å². The molecule has 1 amide bonds. The number of nitrogens with two attached hydrogens (primary N) is 1. The lowest BCUT2D eigenvalue weighted by Gasteiger charge is -2.16. The second-order valence-corrected chi connectivity index (χ2v) is 4.41. The van der Waals surface area contributed by atoms with E-state index in [-0.39, 0.29) is 5.91 Å². The van der Waals surface area contributed by atoms with E-state index in [1.807, 2.05) is 4.90 Å². The summed E-state index contributed by atoms with van der Waals surface area (Å²) in [6.07, 6.45) is 0.981. The van der Waals surface area contributed by atoms with Gasteiger partial charge in [-0.1, -0.05) is 6.07 Å². The maximum absolute atomic E-state index is 12.2. The SMILES string of the molecule is COCC1CCN(C(=O)c2cccc(NN)n2)C1. The molecule has 0 radical (unpaired) electrons. The molecule has 18 heavy (non-hydrogen) atoms. The molecular weight excluding hydrogens is 232 g/mol. The first-order valence-corrected chi connectivity index (χ1v) is 5.96. The van der Waals surface area contributed by atoms with Gasteiger partial charge in [-0.25, -0.2) is 10.8 Å². The fourth-order valence-corrected chi connectivity index (χ4v) is 2.19. The summed E-state index contributed by atoms with van der Waals surface area (Å²) in [5, 5.41) is 0. The number of carbonyl (C=O) groups excluding carboxylic acids is 1. The molecule has 0 bridgehead atoms. The summed E-state index contributed by atoms with van der Waals surface area (Å²) < 4.78 is 5.12. The Hall–Kier alpha value is -1.66. The maximum atomic E-state index is 12.2. The molecule has 1 atom stereocenters. The lowest BCUT2D eigenvalue weighted by molar-refractivity contribution is 0.0770. The maximum Gasteiger partial charge on any atom is 0.272 e. The van der Waals surface area contributed by atoms with Crippen LogP contribution in [0, 0.1) is 5.92 Å². The van der Waals surface area contributed by atoms with Crippen molar-refractivity contribution in [2.45, 2.75) is 6.42 Å². The Morgan fingerprint density at radius 1 is 1.67 bits per heavy atom.